The van der Waals surface area contributed by atoms with Gasteiger partial charge in [0.2, 0.25) is 0 Å². The summed E-state index contributed by atoms with van der Waals surface area (Å²) in [5, 5.41) is 0. The Morgan fingerprint density at radius 3 is 2.65 bits per heavy atom. The molecule has 1 aliphatic heterocycles. The van der Waals surface area contributed by atoms with E-state index in [2.05, 4.69) is 9.97 Å². The molecular formula is C12H16F2N4O2. The maximum atomic E-state index is 12.6. The second-order valence-corrected chi connectivity index (χ2v) is 4.27. The number of hydrogen-bond acceptors (Lipinski definition) is 5. The van der Waals surface area contributed by atoms with Gasteiger partial charge in [0.1, 0.15) is 17.8 Å². The Bertz CT molecular complexity index is 465. The molecule has 2 rings (SSSR count). The first kappa shape index (κ1) is 14.4. The summed E-state index contributed by atoms with van der Waals surface area (Å²) in [4.78, 5) is 22.5. The normalized spacial score (nSPS) is 15.6. The van der Waals surface area contributed by atoms with Gasteiger partial charge in [0.05, 0.1) is 6.61 Å². The number of hydrogen-bond donors (Lipinski definition) is 0. The summed E-state index contributed by atoms with van der Waals surface area (Å²) in [6.07, 6.45) is -1.82. The number of nitrogens with zero attached hydrogens (tertiary/aromatic N) is 4. The fraction of sp³-hybridized carbons (Fsp3) is 0.583. The highest BCUT2D eigenvalue weighted by molar-refractivity contribution is 5.68. The number of ether oxygens (including phenoxy) is 1. The molecule has 8 heteroatoms. The quantitative estimate of drug-likeness (QED) is 0.846. The predicted molar refractivity (Wildman–Crippen MR) is 67.8 cm³/mol. The minimum Gasteiger partial charge on any atom is -0.450 e. The van der Waals surface area contributed by atoms with Crippen molar-refractivity contribution >= 4 is 11.9 Å². The maximum Gasteiger partial charge on any atom is 0.409 e. The summed E-state index contributed by atoms with van der Waals surface area (Å²) in [6, 6.07) is 1.28. The first-order chi connectivity index (χ1) is 9.61. The highest BCUT2D eigenvalue weighted by atomic mass is 19.3. The third-order valence-corrected chi connectivity index (χ3v) is 3.03. The van der Waals surface area contributed by atoms with Crippen molar-refractivity contribution in [2.45, 2.75) is 13.3 Å². The van der Waals surface area contributed by atoms with Crippen LogP contribution in [0.3, 0.4) is 0 Å². The Morgan fingerprint density at radius 2 is 2.05 bits per heavy atom. The zero-order valence-electron chi connectivity index (χ0n) is 11.1. The first-order valence-electron chi connectivity index (χ1n) is 6.38. The minimum atomic E-state index is -2.61. The van der Waals surface area contributed by atoms with Gasteiger partial charge in [0.25, 0.3) is 6.43 Å². The molecule has 1 aliphatic rings. The van der Waals surface area contributed by atoms with Crippen LogP contribution in [-0.2, 0) is 4.74 Å². The van der Waals surface area contributed by atoms with Crippen molar-refractivity contribution in [3.8, 4) is 0 Å². The molecule has 0 saturated carbocycles. The summed E-state index contributed by atoms with van der Waals surface area (Å²) in [6.45, 7) is 4.10. The summed E-state index contributed by atoms with van der Waals surface area (Å²) in [7, 11) is 0. The molecule has 0 spiro atoms. The number of piperazine rings is 1. The number of amides is 1. The molecule has 0 aromatic carbocycles. The van der Waals surface area contributed by atoms with E-state index in [-0.39, 0.29) is 11.8 Å². The molecule has 0 N–H and O–H groups in total. The van der Waals surface area contributed by atoms with Crippen LogP contribution in [0.2, 0.25) is 0 Å². The molecular weight excluding hydrogens is 270 g/mol. The van der Waals surface area contributed by atoms with Gasteiger partial charge in [0.15, 0.2) is 0 Å². The second kappa shape index (κ2) is 6.44. The van der Waals surface area contributed by atoms with Gasteiger partial charge < -0.3 is 14.5 Å². The molecule has 110 valence electrons. The fourth-order valence-corrected chi connectivity index (χ4v) is 1.99. The largest absolute Gasteiger partial charge is 0.450 e. The average Bonchev–Trinajstić information content (AvgIpc) is 2.48. The molecule has 6 nitrogen and oxygen atoms in total. The van der Waals surface area contributed by atoms with Gasteiger partial charge in [-0.05, 0) is 6.92 Å². The van der Waals surface area contributed by atoms with Crippen molar-refractivity contribution < 1.29 is 18.3 Å². The fourth-order valence-electron chi connectivity index (χ4n) is 1.99. The van der Waals surface area contributed by atoms with Crippen LogP contribution in [0, 0.1) is 0 Å². The Balaban J connectivity index is 1.97. The van der Waals surface area contributed by atoms with Crippen molar-refractivity contribution in [2.24, 2.45) is 0 Å². The molecule has 0 unspecified atom stereocenters. The van der Waals surface area contributed by atoms with Crippen LogP contribution >= 0.6 is 0 Å². The lowest BCUT2D eigenvalue weighted by atomic mass is 10.3. The molecule has 1 aromatic heterocycles. The van der Waals surface area contributed by atoms with E-state index in [9.17, 15) is 13.6 Å². The van der Waals surface area contributed by atoms with E-state index < -0.39 is 6.43 Å². The lowest BCUT2D eigenvalue weighted by Gasteiger charge is -2.34. The smallest absolute Gasteiger partial charge is 0.409 e. The number of carbonyl (C=O) groups excluding carboxylic acids is 1. The predicted octanol–water partition coefficient (Wildman–Crippen LogP) is 1.69. The molecule has 2 heterocycles. The van der Waals surface area contributed by atoms with E-state index >= 15 is 0 Å². The third kappa shape index (κ3) is 3.31. The zero-order valence-corrected chi connectivity index (χ0v) is 11.1. The lowest BCUT2D eigenvalue weighted by Crippen LogP contribution is -2.49. The van der Waals surface area contributed by atoms with Crippen molar-refractivity contribution in [2.75, 3.05) is 37.7 Å². The van der Waals surface area contributed by atoms with E-state index in [0.29, 0.717) is 38.6 Å². The van der Waals surface area contributed by atoms with Crippen molar-refractivity contribution in [3.05, 3.63) is 18.1 Å². The van der Waals surface area contributed by atoms with Gasteiger partial charge in [-0.15, -0.1) is 0 Å². The number of carbonyl (C=O) groups is 1. The minimum absolute atomic E-state index is 0.289. The van der Waals surface area contributed by atoms with Crippen LogP contribution in [0.4, 0.5) is 19.4 Å². The summed E-state index contributed by atoms with van der Waals surface area (Å²) in [5.41, 5.74) is -0.289. The van der Waals surface area contributed by atoms with Gasteiger partial charge in [-0.2, -0.15) is 0 Å². The van der Waals surface area contributed by atoms with E-state index in [4.69, 9.17) is 4.74 Å². The standard InChI is InChI=1S/C12H16F2N4O2/c1-2-20-12(19)18-5-3-17(4-6-18)10-7-9(11(13)14)15-8-16-10/h7-8,11H,2-6H2,1H3. The Labute approximate surface area is 115 Å². The Morgan fingerprint density at radius 1 is 1.35 bits per heavy atom. The van der Waals surface area contributed by atoms with E-state index in [0.717, 1.165) is 6.33 Å². The number of aromatic nitrogens is 2. The van der Waals surface area contributed by atoms with Crippen LogP contribution < -0.4 is 4.90 Å². The SMILES string of the molecule is CCOC(=O)N1CCN(c2cc(C(F)F)ncn2)CC1. The van der Waals surface area contributed by atoms with Crippen LogP contribution in [0.15, 0.2) is 12.4 Å². The molecule has 0 radical (unpaired) electrons. The van der Waals surface area contributed by atoms with Crippen LogP contribution in [0.1, 0.15) is 19.0 Å². The number of alkyl halides is 2. The second-order valence-electron chi connectivity index (χ2n) is 4.27. The van der Waals surface area contributed by atoms with Crippen molar-refractivity contribution in [1.82, 2.24) is 14.9 Å². The zero-order chi connectivity index (χ0) is 14.5. The van der Waals surface area contributed by atoms with E-state index in [1.54, 1.807) is 11.8 Å². The summed E-state index contributed by atoms with van der Waals surface area (Å²) >= 11 is 0. The van der Waals surface area contributed by atoms with Gasteiger partial charge in [-0.1, -0.05) is 0 Å². The van der Waals surface area contributed by atoms with Gasteiger partial charge in [-0.25, -0.2) is 23.5 Å². The molecule has 1 fully saturated rings. The molecule has 0 atom stereocenters. The van der Waals surface area contributed by atoms with E-state index in [1.807, 2.05) is 4.90 Å². The van der Waals surface area contributed by atoms with Crippen molar-refractivity contribution in [3.63, 3.8) is 0 Å². The lowest BCUT2D eigenvalue weighted by molar-refractivity contribution is 0.105. The number of halogens is 2. The summed E-state index contributed by atoms with van der Waals surface area (Å²) < 4.78 is 30.1. The first-order valence-corrected chi connectivity index (χ1v) is 6.38. The van der Waals surface area contributed by atoms with Gasteiger partial charge in [-0.3, -0.25) is 0 Å². The monoisotopic (exact) mass is 286 g/mol. The van der Waals surface area contributed by atoms with Crippen LogP contribution in [0.25, 0.3) is 0 Å². The molecule has 0 bridgehead atoms. The third-order valence-electron chi connectivity index (χ3n) is 3.03. The average molecular weight is 286 g/mol. The highest BCUT2D eigenvalue weighted by Crippen LogP contribution is 2.20. The van der Waals surface area contributed by atoms with E-state index in [1.165, 1.54) is 6.07 Å². The molecule has 1 amide bonds. The van der Waals surface area contributed by atoms with Crippen LogP contribution in [-0.4, -0.2) is 53.7 Å². The summed E-state index contributed by atoms with van der Waals surface area (Å²) in [5.74, 6) is 0.457. The van der Waals surface area contributed by atoms with Gasteiger partial charge >= 0.3 is 6.09 Å². The maximum absolute atomic E-state index is 12.6. The Kier molecular flexibility index (Phi) is 4.65. The van der Waals surface area contributed by atoms with Gasteiger partial charge in [0, 0.05) is 32.2 Å². The number of rotatable bonds is 3. The molecule has 20 heavy (non-hydrogen) atoms. The Hall–Kier alpha value is -1.99. The molecule has 1 aromatic rings. The number of anilines is 1. The van der Waals surface area contributed by atoms with Crippen molar-refractivity contribution in [1.29, 1.82) is 0 Å². The van der Waals surface area contributed by atoms with Crippen LogP contribution in [0.5, 0.6) is 0 Å². The highest BCUT2D eigenvalue weighted by Gasteiger charge is 2.23. The molecule has 1 saturated heterocycles. The topological polar surface area (TPSA) is 58.6 Å². The molecule has 0 aliphatic carbocycles.